The molecular weight excluding hydrogens is 332 g/mol. The molecule has 0 aromatic heterocycles. The molecule has 1 saturated heterocycles. The van der Waals surface area contributed by atoms with Crippen LogP contribution in [0.3, 0.4) is 0 Å². The summed E-state index contributed by atoms with van der Waals surface area (Å²) in [6.45, 7) is 5.13. The second-order valence-electron chi connectivity index (χ2n) is 5.99. The highest BCUT2D eigenvalue weighted by Gasteiger charge is 2.33. The van der Waals surface area contributed by atoms with E-state index in [1.54, 1.807) is 7.11 Å². The van der Waals surface area contributed by atoms with Crippen LogP contribution in [-0.4, -0.2) is 56.2 Å². The van der Waals surface area contributed by atoms with Gasteiger partial charge >= 0.3 is 0 Å². The van der Waals surface area contributed by atoms with Gasteiger partial charge < -0.3 is 15.0 Å². The number of methoxy groups -OCH3 is 1. The molecule has 0 aliphatic carbocycles. The number of rotatable bonds is 5. The summed E-state index contributed by atoms with van der Waals surface area (Å²) in [6.07, 6.45) is 0.612. The van der Waals surface area contributed by atoms with Gasteiger partial charge in [-0.05, 0) is 49.7 Å². The van der Waals surface area contributed by atoms with E-state index in [2.05, 4.69) is 11.4 Å². The molecule has 0 spiro atoms. The molecule has 2 rings (SSSR count). The average Bonchev–Trinajstić information content (AvgIpc) is 2.83. The molecule has 1 aromatic carbocycles. The fourth-order valence-corrected chi connectivity index (χ4v) is 4.80. The highest BCUT2D eigenvalue weighted by atomic mass is 32.2. The number of nitrogens with zero attached hydrogens (tertiary/aromatic N) is 1. The Balaban J connectivity index is 2.15. The van der Waals surface area contributed by atoms with Crippen molar-refractivity contribution in [2.24, 2.45) is 0 Å². The van der Waals surface area contributed by atoms with Crippen molar-refractivity contribution in [3.63, 3.8) is 0 Å². The fraction of sp³-hybridized carbons (Fsp3) is 0.562. The third-order valence-electron chi connectivity index (χ3n) is 4.08. The van der Waals surface area contributed by atoms with E-state index in [9.17, 15) is 8.42 Å². The van der Waals surface area contributed by atoms with Gasteiger partial charge in [0.1, 0.15) is 0 Å². The van der Waals surface area contributed by atoms with Crippen LogP contribution in [0, 0.1) is 13.8 Å². The summed E-state index contributed by atoms with van der Waals surface area (Å²) >= 11 is 5.55. The molecule has 0 unspecified atom stereocenters. The second kappa shape index (κ2) is 7.59. The quantitative estimate of drug-likeness (QED) is 0.816. The maximum atomic E-state index is 11.8. The van der Waals surface area contributed by atoms with Crippen molar-refractivity contribution in [1.82, 2.24) is 4.90 Å². The van der Waals surface area contributed by atoms with E-state index in [1.807, 2.05) is 30.9 Å². The van der Waals surface area contributed by atoms with Crippen LogP contribution in [0.15, 0.2) is 18.2 Å². The number of thiocarbonyl (C=S) groups is 1. The van der Waals surface area contributed by atoms with Crippen LogP contribution in [0.4, 0.5) is 5.69 Å². The molecule has 0 radical (unpaired) electrons. The lowest BCUT2D eigenvalue weighted by Crippen LogP contribution is -2.45. The van der Waals surface area contributed by atoms with E-state index in [-0.39, 0.29) is 17.5 Å². The van der Waals surface area contributed by atoms with Crippen LogP contribution in [0.2, 0.25) is 0 Å². The molecule has 0 bridgehead atoms. The third kappa shape index (κ3) is 4.89. The van der Waals surface area contributed by atoms with Crippen LogP contribution in [0.25, 0.3) is 0 Å². The number of ether oxygens (including phenoxy) is 1. The first-order chi connectivity index (χ1) is 10.8. The predicted octanol–water partition coefficient (Wildman–Crippen LogP) is 2.14. The van der Waals surface area contributed by atoms with E-state index in [4.69, 9.17) is 17.0 Å². The van der Waals surface area contributed by atoms with Gasteiger partial charge in [0.25, 0.3) is 0 Å². The fourth-order valence-electron chi connectivity index (χ4n) is 2.72. The normalized spacial score (nSPS) is 19.5. The van der Waals surface area contributed by atoms with Gasteiger partial charge in [-0.1, -0.05) is 12.1 Å². The van der Waals surface area contributed by atoms with E-state index in [0.717, 1.165) is 16.8 Å². The molecule has 1 aliphatic rings. The maximum Gasteiger partial charge on any atom is 0.173 e. The number of benzene rings is 1. The summed E-state index contributed by atoms with van der Waals surface area (Å²) < 4.78 is 28.7. The number of hydrogen-bond acceptors (Lipinski definition) is 4. The van der Waals surface area contributed by atoms with Crippen molar-refractivity contribution in [3.8, 4) is 0 Å². The second-order valence-corrected chi connectivity index (χ2v) is 8.61. The van der Waals surface area contributed by atoms with Gasteiger partial charge in [0.15, 0.2) is 14.9 Å². The van der Waals surface area contributed by atoms with Gasteiger partial charge in [-0.15, -0.1) is 0 Å². The van der Waals surface area contributed by atoms with Crippen LogP contribution in [0.1, 0.15) is 17.5 Å². The first kappa shape index (κ1) is 18.2. The first-order valence-electron chi connectivity index (χ1n) is 7.66. The molecule has 1 fully saturated rings. The minimum absolute atomic E-state index is 0.0831. The van der Waals surface area contributed by atoms with Gasteiger partial charge in [0.2, 0.25) is 0 Å². The van der Waals surface area contributed by atoms with Crippen LogP contribution >= 0.6 is 12.2 Å². The van der Waals surface area contributed by atoms with Crippen molar-refractivity contribution in [2.45, 2.75) is 26.3 Å². The van der Waals surface area contributed by atoms with Crippen molar-refractivity contribution in [3.05, 3.63) is 29.3 Å². The zero-order valence-electron chi connectivity index (χ0n) is 13.8. The lowest BCUT2D eigenvalue weighted by Gasteiger charge is -2.31. The molecule has 128 valence electrons. The van der Waals surface area contributed by atoms with Crippen LogP contribution < -0.4 is 5.32 Å². The van der Waals surface area contributed by atoms with E-state index < -0.39 is 9.84 Å². The highest BCUT2D eigenvalue weighted by Crippen LogP contribution is 2.21. The lowest BCUT2D eigenvalue weighted by atomic mass is 10.1. The summed E-state index contributed by atoms with van der Waals surface area (Å²) in [7, 11) is -1.33. The molecule has 23 heavy (non-hydrogen) atoms. The van der Waals surface area contributed by atoms with Crippen molar-refractivity contribution < 1.29 is 13.2 Å². The summed E-state index contributed by atoms with van der Waals surface area (Å²) in [4.78, 5) is 1.95. The molecular formula is C16H24N2O3S2. The number of aryl methyl sites for hydroxylation is 2. The Bertz CT molecular complexity index is 674. The molecule has 5 nitrogen and oxygen atoms in total. The molecule has 1 N–H and O–H groups in total. The zero-order valence-corrected chi connectivity index (χ0v) is 15.5. The van der Waals surface area contributed by atoms with E-state index in [0.29, 0.717) is 24.7 Å². The van der Waals surface area contributed by atoms with E-state index >= 15 is 0 Å². The van der Waals surface area contributed by atoms with Crippen LogP contribution in [0.5, 0.6) is 0 Å². The van der Waals surface area contributed by atoms with Crippen molar-refractivity contribution in [2.75, 3.05) is 37.1 Å². The molecule has 7 heteroatoms. The van der Waals surface area contributed by atoms with Gasteiger partial charge in [0, 0.05) is 25.4 Å². The van der Waals surface area contributed by atoms with Gasteiger partial charge in [0.05, 0.1) is 18.1 Å². The topological polar surface area (TPSA) is 58.6 Å². The Morgan fingerprint density at radius 3 is 2.78 bits per heavy atom. The number of nitrogens with one attached hydrogen (secondary N) is 1. The first-order valence-corrected chi connectivity index (χ1v) is 9.89. The predicted molar refractivity (Wildman–Crippen MR) is 97.8 cm³/mol. The molecule has 1 atom stereocenters. The summed E-state index contributed by atoms with van der Waals surface area (Å²) in [5.74, 6) is 0.387. The Morgan fingerprint density at radius 2 is 2.17 bits per heavy atom. The minimum atomic E-state index is -2.96. The Hall–Kier alpha value is -1.18. The smallest absolute Gasteiger partial charge is 0.173 e. The monoisotopic (exact) mass is 356 g/mol. The lowest BCUT2D eigenvalue weighted by molar-refractivity contribution is 0.166. The van der Waals surface area contributed by atoms with E-state index in [1.165, 1.54) is 0 Å². The number of hydrogen-bond donors (Lipinski definition) is 1. The molecule has 1 aliphatic heterocycles. The summed E-state index contributed by atoms with van der Waals surface area (Å²) in [6, 6.07) is 6.05. The van der Waals surface area contributed by atoms with Crippen molar-refractivity contribution in [1.29, 1.82) is 0 Å². The minimum Gasteiger partial charge on any atom is -0.383 e. The zero-order chi connectivity index (χ0) is 17.0. The van der Waals surface area contributed by atoms with Crippen molar-refractivity contribution >= 4 is 32.9 Å². The Labute approximate surface area is 143 Å². The Kier molecular flexibility index (Phi) is 6.00. The molecule has 1 heterocycles. The van der Waals surface area contributed by atoms with Gasteiger partial charge in [-0.2, -0.15) is 0 Å². The van der Waals surface area contributed by atoms with Gasteiger partial charge in [-0.25, -0.2) is 8.42 Å². The summed E-state index contributed by atoms with van der Waals surface area (Å²) in [5.41, 5.74) is 3.20. The van der Waals surface area contributed by atoms with Gasteiger partial charge in [-0.3, -0.25) is 0 Å². The average molecular weight is 357 g/mol. The SMILES string of the molecule is COCCN(C(=S)Nc1cc(C)ccc1C)[C@@H]1CCS(=O)(=O)C1. The maximum absolute atomic E-state index is 11.8. The number of anilines is 1. The molecule has 0 amide bonds. The molecule has 0 saturated carbocycles. The standard InChI is InChI=1S/C16H24N2O3S2/c1-12-4-5-13(2)15(10-12)17-16(22)18(7-8-21-3)14-6-9-23(19,20)11-14/h4-5,10,14H,6-9,11H2,1-3H3,(H,17,22)/t14-/m1/s1. The highest BCUT2D eigenvalue weighted by molar-refractivity contribution is 7.91. The van der Waals surface area contributed by atoms with Crippen LogP contribution in [-0.2, 0) is 14.6 Å². The number of sulfone groups is 1. The largest absolute Gasteiger partial charge is 0.383 e. The Morgan fingerprint density at radius 1 is 1.43 bits per heavy atom. The third-order valence-corrected chi connectivity index (χ3v) is 6.17. The summed E-state index contributed by atoms with van der Waals surface area (Å²) in [5, 5.41) is 3.82. The molecule has 1 aromatic rings.